The highest BCUT2D eigenvalue weighted by atomic mass is 32.2. The first-order valence-corrected chi connectivity index (χ1v) is 5.35. The van der Waals surface area contributed by atoms with E-state index in [-0.39, 0.29) is 18.7 Å². The molecule has 4 nitrogen and oxygen atoms in total. The molecule has 0 N–H and O–H groups in total. The summed E-state index contributed by atoms with van der Waals surface area (Å²) in [4.78, 5) is 21.8. The van der Waals surface area contributed by atoms with Crippen molar-refractivity contribution in [1.82, 2.24) is 0 Å². The molecule has 14 heavy (non-hydrogen) atoms. The van der Waals surface area contributed by atoms with Gasteiger partial charge in [0.1, 0.15) is 12.7 Å². The first-order chi connectivity index (χ1) is 6.59. The van der Waals surface area contributed by atoms with Crippen LogP contribution in [-0.4, -0.2) is 36.2 Å². The zero-order valence-electron chi connectivity index (χ0n) is 7.95. The molecule has 1 unspecified atom stereocenters. The van der Waals surface area contributed by atoms with Crippen LogP contribution in [-0.2, 0) is 19.1 Å². The molecule has 0 aromatic heterocycles. The maximum Gasteiger partial charge on any atom is 0.333 e. The zero-order chi connectivity index (χ0) is 10.6. The minimum atomic E-state index is -0.448. The Bertz CT molecular complexity index is 262. The molecule has 1 aliphatic heterocycles. The third kappa shape index (κ3) is 3.41. The lowest BCUT2D eigenvalue weighted by Gasteiger charge is -2.21. The lowest BCUT2D eigenvalue weighted by Crippen LogP contribution is -2.32. The van der Waals surface area contributed by atoms with Crippen molar-refractivity contribution in [2.24, 2.45) is 0 Å². The van der Waals surface area contributed by atoms with E-state index in [1.807, 2.05) is 0 Å². The van der Waals surface area contributed by atoms with Crippen LogP contribution in [0.15, 0.2) is 12.2 Å². The van der Waals surface area contributed by atoms with E-state index in [1.165, 1.54) is 11.8 Å². The predicted molar refractivity (Wildman–Crippen MR) is 53.0 cm³/mol. The van der Waals surface area contributed by atoms with E-state index in [4.69, 9.17) is 9.47 Å². The van der Waals surface area contributed by atoms with Crippen LogP contribution in [0, 0.1) is 0 Å². The molecule has 0 aliphatic carbocycles. The molecule has 0 amide bonds. The van der Waals surface area contributed by atoms with Crippen LogP contribution < -0.4 is 0 Å². The minimum Gasteiger partial charge on any atom is -0.458 e. The van der Waals surface area contributed by atoms with E-state index in [9.17, 15) is 9.59 Å². The van der Waals surface area contributed by atoms with Gasteiger partial charge in [-0.05, 0) is 6.92 Å². The number of carbonyl (C=O) groups excluding carboxylic acids is 2. The van der Waals surface area contributed by atoms with Crippen LogP contribution in [0.1, 0.15) is 6.92 Å². The Morgan fingerprint density at radius 2 is 2.50 bits per heavy atom. The fraction of sp³-hybridized carbons (Fsp3) is 0.556. The van der Waals surface area contributed by atoms with Crippen LogP contribution in [0.2, 0.25) is 0 Å². The fourth-order valence-electron chi connectivity index (χ4n) is 0.902. The predicted octanol–water partition coefficient (Wildman–Crippen LogP) is 0.764. The van der Waals surface area contributed by atoms with Crippen molar-refractivity contribution in [1.29, 1.82) is 0 Å². The van der Waals surface area contributed by atoms with Crippen LogP contribution in [0.5, 0.6) is 0 Å². The second-order valence-corrected chi connectivity index (χ2v) is 4.04. The molecule has 0 spiro atoms. The van der Waals surface area contributed by atoms with Crippen molar-refractivity contribution in [2.75, 3.05) is 18.1 Å². The third-order valence-electron chi connectivity index (χ3n) is 1.57. The van der Waals surface area contributed by atoms with Gasteiger partial charge in [-0.25, -0.2) is 4.79 Å². The molecular weight excluding hydrogens is 204 g/mol. The minimum absolute atomic E-state index is 0.116. The van der Waals surface area contributed by atoms with Gasteiger partial charge in [-0.3, -0.25) is 4.79 Å². The number of ether oxygens (including phenoxy) is 2. The summed E-state index contributed by atoms with van der Waals surface area (Å²) in [5.41, 5.74) is 0.347. The van der Waals surface area contributed by atoms with Gasteiger partial charge in [-0.1, -0.05) is 6.58 Å². The average Bonchev–Trinajstić information content (AvgIpc) is 2.14. The van der Waals surface area contributed by atoms with E-state index in [0.29, 0.717) is 17.1 Å². The topological polar surface area (TPSA) is 52.6 Å². The van der Waals surface area contributed by atoms with Crippen LogP contribution in [0.25, 0.3) is 0 Å². The molecule has 5 heteroatoms. The first-order valence-electron chi connectivity index (χ1n) is 4.19. The first kappa shape index (κ1) is 11.1. The van der Waals surface area contributed by atoms with Gasteiger partial charge in [0.15, 0.2) is 0 Å². The second kappa shape index (κ2) is 5.05. The Hall–Kier alpha value is -0.970. The maximum absolute atomic E-state index is 11.0. The van der Waals surface area contributed by atoms with Gasteiger partial charge >= 0.3 is 11.9 Å². The Morgan fingerprint density at radius 1 is 1.79 bits per heavy atom. The zero-order valence-corrected chi connectivity index (χ0v) is 8.76. The number of esters is 2. The number of hydrogen-bond acceptors (Lipinski definition) is 5. The number of rotatable bonds is 3. The van der Waals surface area contributed by atoms with Crippen LogP contribution in [0.3, 0.4) is 0 Å². The molecule has 0 radical (unpaired) electrons. The van der Waals surface area contributed by atoms with Crippen molar-refractivity contribution in [2.45, 2.75) is 13.0 Å². The SMILES string of the molecule is C=C(C)C(=O)OCC1CSCC(=O)O1. The molecule has 1 fully saturated rings. The van der Waals surface area contributed by atoms with Gasteiger partial charge in [0.2, 0.25) is 0 Å². The van der Waals surface area contributed by atoms with Crippen molar-refractivity contribution in [3.8, 4) is 0 Å². The van der Waals surface area contributed by atoms with E-state index >= 15 is 0 Å². The molecule has 0 aromatic carbocycles. The molecule has 0 bridgehead atoms. The van der Waals surface area contributed by atoms with Gasteiger partial charge < -0.3 is 9.47 Å². The van der Waals surface area contributed by atoms with Gasteiger partial charge in [0.05, 0.1) is 5.75 Å². The lowest BCUT2D eigenvalue weighted by atomic mass is 10.3. The second-order valence-electron chi connectivity index (χ2n) is 3.01. The summed E-state index contributed by atoms with van der Waals surface area (Å²) < 4.78 is 9.81. The summed E-state index contributed by atoms with van der Waals surface area (Å²) in [7, 11) is 0. The quantitative estimate of drug-likeness (QED) is 0.515. The lowest BCUT2D eigenvalue weighted by molar-refractivity contribution is -0.154. The summed E-state index contributed by atoms with van der Waals surface area (Å²) in [5.74, 6) is 0.356. The fourth-order valence-corrected chi connectivity index (χ4v) is 1.68. The Morgan fingerprint density at radius 3 is 3.07 bits per heavy atom. The Kier molecular flexibility index (Phi) is 4.00. The molecular formula is C9H12O4S. The monoisotopic (exact) mass is 216 g/mol. The molecule has 1 saturated heterocycles. The van der Waals surface area contributed by atoms with Crippen molar-refractivity contribution in [3.63, 3.8) is 0 Å². The number of thioether (sulfide) groups is 1. The largest absolute Gasteiger partial charge is 0.458 e. The molecule has 1 rings (SSSR count). The normalized spacial score (nSPS) is 21.2. The molecule has 1 aliphatic rings. The van der Waals surface area contributed by atoms with E-state index in [2.05, 4.69) is 6.58 Å². The van der Waals surface area contributed by atoms with Crippen molar-refractivity contribution < 1.29 is 19.1 Å². The number of carbonyl (C=O) groups is 2. The molecule has 1 atom stereocenters. The number of cyclic esters (lactones) is 1. The highest BCUT2D eigenvalue weighted by Gasteiger charge is 2.22. The van der Waals surface area contributed by atoms with E-state index in [0.717, 1.165) is 0 Å². The van der Waals surface area contributed by atoms with Gasteiger partial charge in [0, 0.05) is 11.3 Å². The van der Waals surface area contributed by atoms with Crippen molar-refractivity contribution >= 4 is 23.7 Å². The highest BCUT2D eigenvalue weighted by molar-refractivity contribution is 8.00. The molecule has 1 heterocycles. The Labute approximate surface area is 86.6 Å². The smallest absolute Gasteiger partial charge is 0.333 e. The highest BCUT2D eigenvalue weighted by Crippen LogP contribution is 2.14. The molecule has 0 saturated carbocycles. The number of hydrogen-bond donors (Lipinski definition) is 0. The summed E-state index contributed by atoms with van der Waals surface area (Å²) in [6, 6.07) is 0. The molecule has 0 aromatic rings. The van der Waals surface area contributed by atoms with E-state index in [1.54, 1.807) is 6.92 Å². The molecule has 78 valence electrons. The van der Waals surface area contributed by atoms with Crippen molar-refractivity contribution in [3.05, 3.63) is 12.2 Å². The van der Waals surface area contributed by atoms with Gasteiger partial charge in [0.25, 0.3) is 0 Å². The Balaban J connectivity index is 2.27. The van der Waals surface area contributed by atoms with Gasteiger partial charge in [-0.2, -0.15) is 0 Å². The summed E-state index contributed by atoms with van der Waals surface area (Å²) in [6.45, 7) is 5.14. The van der Waals surface area contributed by atoms with Gasteiger partial charge in [-0.15, -0.1) is 11.8 Å². The maximum atomic E-state index is 11.0. The van der Waals surface area contributed by atoms with Crippen LogP contribution in [0.4, 0.5) is 0 Å². The standard InChI is InChI=1S/C9H12O4S/c1-6(2)9(11)12-3-7-4-14-5-8(10)13-7/h7H,1,3-5H2,2H3. The van der Waals surface area contributed by atoms with Crippen LogP contribution >= 0.6 is 11.8 Å². The summed E-state index contributed by atoms with van der Waals surface area (Å²) >= 11 is 1.48. The third-order valence-corrected chi connectivity index (χ3v) is 2.62. The average molecular weight is 216 g/mol. The summed E-state index contributed by atoms with van der Waals surface area (Å²) in [6.07, 6.45) is -0.315. The summed E-state index contributed by atoms with van der Waals surface area (Å²) in [5, 5.41) is 0. The van der Waals surface area contributed by atoms with E-state index < -0.39 is 5.97 Å².